The molecule has 0 atom stereocenters. The average molecular weight is 306 g/mol. The Bertz CT molecular complexity index is 366. The maximum absolute atomic E-state index is 5.74. The van der Waals surface area contributed by atoms with E-state index in [1.54, 1.807) is 0 Å². The van der Waals surface area contributed by atoms with Gasteiger partial charge < -0.3 is 9.47 Å². The highest BCUT2D eigenvalue weighted by Gasteiger charge is 2.10. The smallest absolute Gasteiger partial charge is 0.0716 e. The first-order valence-electron chi connectivity index (χ1n) is 8.39. The first-order chi connectivity index (χ1) is 10.2. The summed E-state index contributed by atoms with van der Waals surface area (Å²) in [5, 5.41) is 0. The maximum atomic E-state index is 5.74. The van der Waals surface area contributed by atoms with E-state index in [-0.39, 0.29) is 0 Å². The van der Waals surface area contributed by atoms with Crippen LogP contribution in [0.15, 0.2) is 24.3 Å². The Morgan fingerprint density at radius 2 is 0.955 bits per heavy atom. The quantitative estimate of drug-likeness (QED) is 0.583. The number of hydrogen-bond donors (Lipinski definition) is 0. The van der Waals surface area contributed by atoms with Gasteiger partial charge in [-0.15, -0.1) is 0 Å². The molecule has 0 unspecified atom stereocenters. The van der Waals surface area contributed by atoms with Crippen LogP contribution in [0.3, 0.4) is 0 Å². The molecule has 0 N–H and O–H groups in total. The summed E-state index contributed by atoms with van der Waals surface area (Å²) < 4.78 is 11.5. The summed E-state index contributed by atoms with van der Waals surface area (Å²) in [4.78, 5) is 0. The summed E-state index contributed by atoms with van der Waals surface area (Å²) in [5.41, 5.74) is 3.14. The minimum absolute atomic E-state index is 0.342. The second-order valence-corrected chi connectivity index (χ2v) is 8.54. The molecule has 0 aliphatic heterocycles. The molecule has 0 radical (unpaired) electrons. The SMILES string of the molecule is CC(C)(C)CCOCc1ccc(COCCC(C)(C)C)cc1. The minimum atomic E-state index is 0.342. The average Bonchev–Trinajstić information content (AvgIpc) is 2.39. The number of rotatable bonds is 8. The van der Waals surface area contributed by atoms with Gasteiger partial charge in [-0.2, -0.15) is 0 Å². The predicted octanol–water partition coefficient (Wildman–Crippen LogP) is 5.59. The molecule has 0 spiro atoms. The topological polar surface area (TPSA) is 18.5 Å². The molecule has 0 aromatic heterocycles. The van der Waals surface area contributed by atoms with E-state index in [0.717, 1.165) is 26.1 Å². The highest BCUT2D eigenvalue weighted by atomic mass is 16.5. The van der Waals surface area contributed by atoms with Crippen LogP contribution in [-0.4, -0.2) is 13.2 Å². The maximum Gasteiger partial charge on any atom is 0.0716 e. The largest absolute Gasteiger partial charge is 0.377 e. The van der Waals surface area contributed by atoms with Gasteiger partial charge in [-0.1, -0.05) is 65.8 Å². The second kappa shape index (κ2) is 8.69. The van der Waals surface area contributed by atoms with Crippen LogP contribution in [0.25, 0.3) is 0 Å². The van der Waals surface area contributed by atoms with Gasteiger partial charge in [0.2, 0.25) is 0 Å². The van der Waals surface area contributed by atoms with Gasteiger partial charge in [0.25, 0.3) is 0 Å². The molecule has 1 rings (SSSR count). The zero-order chi connectivity index (χ0) is 16.6. The van der Waals surface area contributed by atoms with Crippen LogP contribution in [0.4, 0.5) is 0 Å². The summed E-state index contributed by atoms with van der Waals surface area (Å²) >= 11 is 0. The lowest BCUT2D eigenvalue weighted by atomic mass is 9.93. The lowest BCUT2D eigenvalue weighted by molar-refractivity contribution is 0.0944. The van der Waals surface area contributed by atoms with Crippen molar-refractivity contribution in [3.8, 4) is 0 Å². The zero-order valence-electron chi connectivity index (χ0n) is 15.4. The van der Waals surface area contributed by atoms with E-state index in [1.807, 2.05) is 0 Å². The number of ether oxygens (including phenoxy) is 2. The van der Waals surface area contributed by atoms with Crippen molar-refractivity contribution in [1.29, 1.82) is 0 Å². The van der Waals surface area contributed by atoms with Crippen molar-refractivity contribution in [3.05, 3.63) is 35.4 Å². The van der Waals surface area contributed by atoms with E-state index < -0.39 is 0 Å². The Labute approximate surface area is 137 Å². The Kier molecular flexibility index (Phi) is 7.58. The van der Waals surface area contributed by atoms with E-state index >= 15 is 0 Å². The fraction of sp³-hybridized carbons (Fsp3) is 0.700. The van der Waals surface area contributed by atoms with Gasteiger partial charge >= 0.3 is 0 Å². The molecular formula is C20H34O2. The minimum Gasteiger partial charge on any atom is -0.377 e. The summed E-state index contributed by atoms with van der Waals surface area (Å²) in [6, 6.07) is 8.55. The highest BCUT2D eigenvalue weighted by Crippen LogP contribution is 2.19. The van der Waals surface area contributed by atoms with E-state index in [0.29, 0.717) is 24.0 Å². The lowest BCUT2D eigenvalue weighted by Gasteiger charge is -2.18. The molecule has 0 heterocycles. The van der Waals surface area contributed by atoms with E-state index in [2.05, 4.69) is 65.8 Å². The van der Waals surface area contributed by atoms with Crippen molar-refractivity contribution in [2.75, 3.05) is 13.2 Å². The van der Waals surface area contributed by atoms with E-state index in [1.165, 1.54) is 11.1 Å². The van der Waals surface area contributed by atoms with Gasteiger partial charge in [0, 0.05) is 13.2 Å². The highest BCUT2D eigenvalue weighted by molar-refractivity contribution is 5.21. The summed E-state index contributed by atoms with van der Waals surface area (Å²) in [6.07, 6.45) is 2.18. The van der Waals surface area contributed by atoms with Crippen LogP contribution in [0.2, 0.25) is 0 Å². The normalized spacial score (nSPS) is 12.6. The van der Waals surface area contributed by atoms with E-state index in [9.17, 15) is 0 Å². The zero-order valence-corrected chi connectivity index (χ0v) is 15.4. The first-order valence-corrected chi connectivity index (χ1v) is 8.39. The molecule has 2 nitrogen and oxygen atoms in total. The summed E-state index contributed by atoms with van der Waals surface area (Å²) in [6.45, 7) is 16.5. The Balaban J connectivity index is 2.22. The molecular weight excluding hydrogens is 272 g/mol. The second-order valence-electron chi connectivity index (χ2n) is 8.54. The molecule has 2 heteroatoms. The fourth-order valence-corrected chi connectivity index (χ4v) is 1.87. The van der Waals surface area contributed by atoms with Crippen molar-refractivity contribution in [3.63, 3.8) is 0 Å². The van der Waals surface area contributed by atoms with Crippen molar-refractivity contribution < 1.29 is 9.47 Å². The molecule has 1 aromatic carbocycles. The van der Waals surface area contributed by atoms with Crippen molar-refractivity contribution >= 4 is 0 Å². The molecule has 126 valence electrons. The predicted molar refractivity (Wildman–Crippen MR) is 93.9 cm³/mol. The third-order valence-corrected chi connectivity index (χ3v) is 3.55. The van der Waals surface area contributed by atoms with Gasteiger partial charge in [0.15, 0.2) is 0 Å². The molecule has 0 amide bonds. The third-order valence-electron chi connectivity index (χ3n) is 3.55. The Hall–Kier alpha value is -0.860. The standard InChI is InChI=1S/C20H34O2/c1-19(2,3)11-13-21-15-17-7-9-18(10-8-17)16-22-14-12-20(4,5)6/h7-10H,11-16H2,1-6H3. The van der Waals surface area contributed by atoms with Crippen molar-refractivity contribution in [2.24, 2.45) is 10.8 Å². The van der Waals surface area contributed by atoms with Gasteiger partial charge in [-0.25, -0.2) is 0 Å². The van der Waals surface area contributed by atoms with E-state index in [4.69, 9.17) is 9.47 Å². The first kappa shape index (κ1) is 19.2. The molecule has 0 fully saturated rings. The monoisotopic (exact) mass is 306 g/mol. The van der Waals surface area contributed by atoms with Gasteiger partial charge in [-0.3, -0.25) is 0 Å². The van der Waals surface area contributed by atoms with Crippen LogP contribution in [0, 0.1) is 10.8 Å². The molecule has 0 aliphatic rings. The van der Waals surface area contributed by atoms with Crippen molar-refractivity contribution in [2.45, 2.75) is 67.6 Å². The molecule has 22 heavy (non-hydrogen) atoms. The summed E-state index contributed by atoms with van der Waals surface area (Å²) in [7, 11) is 0. The van der Waals surface area contributed by atoms with Crippen LogP contribution >= 0.6 is 0 Å². The van der Waals surface area contributed by atoms with Crippen molar-refractivity contribution in [1.82, 2.24) is 0 Å². The molecule has 0 aliphatic carbocycles. The number of hydrogen-bond acceptors (Lipinski definition) is 2. The van der Waals surface area contributed by atoms with Gasteiger partial charge in [-0.05, 0) is 34.8 Å². The molecule has 0 saturated heterocycles. The van der Waals surface area contributed by atoms with Crippen LogP contribution in [0.1, 0.15) is 65.5 Å². The van der Waals surface area contributed by atoms with Crippen LogP contribution < -0.4 is 0 Å². The van der Waals surface area contributed by atoms with Gasteiger partial charge in [0.05, 0.1) is 13.2 Å². The third kappa shape index (κ3) is 9.97. The Morgan fingerprint density at radius 1 is 0.636 bits per heavy atom. The Morgan fingerprint density at radius 3 is 1.23 bits per heavy atom. The molecule has 1 aromatic rings. The summed E-state index contributed by atoms with van der Waals surface area (Å²) in [5.74, 6) is 0. The molecule has 0 bridgehead atoms. The lowest BCUT2D eigenvalue weighted by Crippen LogP contribution is -2.09. The van der Waals surface area contributed by atoms with Crippen LogP contribution in [0.5, 0.6) is 0 Å². The fourth-order valence-electron chi connectivity index (χ4n) is 1.87. The van der Waals surface area contributed by atoms with Gasteiger partial charge in [0.1, 0.15) is 0 Å². The number of benzene rings is 1. The molecule has 0 saturated carbocycles. The van der Waals surface area contributed by atoms with Crippen LogP contribution in [-0.2, 0) is 22.7 Å².